The van der Waals surface area contributed by atoms with E-state index in [1.807, 2.05) is 13.0 Å². The molecule has 0 spiro atoms. The third-order valence-corrected chi connectivity index (χ3v) is 3.68. The number of rotatable bonds is 2. The van der Waals surface area contributed by atoms with Crippen LogP contribution in [0.5, 0.6) is 0 Å². The van der Waals surface area contributed by atoms with Gasteiger partial charge in [-0.3, -0.25) is 4.79 Å². The van der Waals surface area contributed by atoms with Gasteiger partial charge in [-0.15, -0.1) is 11.3 Å². The quantitative estimate of drug-likeness (QED) is 0.647. The lowest BCUT2D eigenvalue weighted by atomic mass is 10.2. The number of aryl methyl sites for hydroxylation is 1. The Morgan fingerprint density at radius 1 is 1.28 bits per heavy atom. The summed E-state index contributed by atoms with van der Waals surface area (Å²) in [5.74, 6) is -0.477. The van der Waals surface area contributed by atoms with E-state index in [1.165, 1.54) is 17.4 Å². The molecule has 0 fully saturated rings. The first-order valence-electron chi connectivity index (χ1n) is 5.44. The summed E-state index contributed by atoms with van der Waals surface area (Å²) in [5, 5.41) is 0.603. The standard InChI is InChI=1S/C14H9FO2S/c1-8-5-6-12(18-8)13(16)11-7-9-3-2-4-10(15)14(9)17-11/h2-7H,1H3. The van der Waals surface area contributed by atoms with Gasteiger partial charge in [0.25, 0.3) is 0 Å². The number of carbonyl (C=O) groups excluding carboxylic acids is 1. The average molecular weight is 260 g/mol. The molecule has 0 N–H and O–H groups in total. The maximum Gasteiger partial charge on any atom is 0.238 e. The van der Waals surface area contributed by atoms with Crippen LogP contribution in [0.25, 0.3) is 11.0 Å². The van der Waals surface area contributed by atoms with Crippen molar-refractivity contribution in [3.63, 3.8) is 0 Å². The van der Waals surface area contributed by atoms with Crippen molar-refractivity contribution in [2.45, 2.75) is 6.92 Å². The van der Waals surface area contributed by atoms with Gasteiger partial charge in [-0.25, -0.2) is 4.39 Å². The van der Waals surface area contributed by atoms with Gasteiger partial charge in [0, 0.05) is 10.3 Å². The molecule has 2 heterocycles. The molecule has 0 saturated carbocycles. The minimum Gasteiger partial charge on any atom is -0.449 e. The van der Waals surface area contributed by atoms with Crippen molar-refractivity contribution >= 4 is 28.1 Å². The number of hydrogen-bond donors (Lipinski definition) is 0. The second-order valence-corrected chi connectivity index (χ2v) is 5.30. The summed E-state index contributed by atoms with van der Waals surface area (Å²) >= 11 is 1.40. The minimum atomic E-state index is -0.450. The molecule has 0 amide bonds. The molecule has 2 aromatic heterocycles. The largest absolute Gasteiger partial charge is 0.449 e. The minimum absolute atomic E-state index is 0.133. The maximum atomic E-state index is 13.5. The Labute approximate surface area is 107 Å². The van der Waals surface area contributed by atoms with Crippen LogP contribution in [-0.2, 0) is 0 Å². The van der Waals surface area contributed by atoms with E-state index in [9.17, 15) is 9.18 Å². The smallest absolute Gasteiger partial charge is 0.238 e. The van der Waals surface area contributed by atoms with Crippen molar-refractivity contribution in [3.05, 3.63) is 57.7 Å². The van der Waals surface area contributed by atoms with Gasteiger partial charge in [0.2, 0.25) is 5.78 Å². The summed E-state index contributed by atoms with van der Waals surface area (Å²) in [6, 6.07) is 9.84. The zero-order valence-electron chi connectivity index (χ0n) is 9.57. The van der Waals surface area contributed by atoms with Crippen LogP contribution in [0.1, 0.15) is 20.3 Å². The molecular formula is C14H9FO2S. The highest BCUT2D eigenvalue weighted by molar-refractivity contribution is 7.14. The highest BCUT2D eigenvalue weighted by atomic mass is 32.1. The lowest BCUT2D eigenvalue weighted by molar-refractivity contribution is 0.101. The van der Waals surface area contributed by atoms with Crippen LogP contribution in [0.2, 0.25) is 0 Å². The lowest BCUT2D eigenvalue weighted by Crippen LogP contribution is -1.95. The molecule has 4 heteroatoms. The Kier molecular flexibility index (Phi) is 2.52. The molecule has 0 aliphatic heterocycles. The van der Waals surface area contributed by atoms with Gasteiger partial charge in [0.05, 0.1) is 4.88 Å². The number of para-hydroxylation sites is 1. The highest BCUT2D eigenvalue weighted by Gasteiger charge is 2.17. The van der Waals surface area contributed by atoms with E-state index in [0.717, 1.165) is 4.88 Å². The normalized spacial score (nSPS) is 11.0. The average Bonchev–Trinajstić information content (AvgIpc) is 2.95. The van der Waals surface area contributed by atoms with E-state index in [4.69, 9.17) is 4.42 Å². The predicted octanol–water partition coefficient (Wildman–Crippen LogP) is 4.17. The second kappa shape index (κ2) is 4.07. The fourth-order valence-electron chi connectivity index (χ4n) is 1.82. The Morgan fingerprint density at radius 3 is 2.78 bits per heavy atom. The molecule has 0 atom stereocenters. The van der Waals surface area contributed by atoms with Crippen LogP contribution in [0.15, 0.2) is 40.8 Å². The second-order valence-electron chi connectivity index (χ2n) is 4.01. The summed E-state index contributed by atoms with van der Waals surface area (Å²) in [4.78, 5) is 13.8. The van der Waals surface area contributed by atoms with Crippen molar-refractivity contribution in [2.75, 3.05) is 0 Å². The SMILES string of the molecule is Cc1ccc(C(=O)c2cc3cccc(F)c3o2)s1. The summed E-state index contributed by atoms with van der Waals surface area (Å²) in [6.07, 6.45) is 0. The summed E-state index contributed by atoms with van der Waals surface area (Å²) < 4.78 is 18.8. The number of furan rings is 1. The van der Waals surface area contributed by atoms with Crippen LogP contribution < -0.4 is 0 Å². The Bertz CT molecular complexity index is 739. The molecule has 3 rings (SSSR count). The van der Waals surface area contributed by atoms with Gasteiger partial charge >= 0.3 is 0 Å². The van der Waals surface area contributed by atoms with Crippen molar-refractivity contribution in [1.82, 2.24) is 0 Å². The molecule has 3 aromatic rings. The van der Waals surface area contributed by atoms with Crippen LogP contribution >= 0.6 is 11.3 Å². The number of ketones is 1. The maximum absolute atomic E-state index is 13.5. The van der Waals surface area contributed by atoms with E-state index in [1.54, 1.807) is 24.3 Å². The molecule has 90 valence electrons. The van der Waals surface area contributed by atoms with E-state index < -0.39 is 5.82 Å². The Hall–Kier alpha value is -1.94. The van der Waals surface area contributed by atoms with E-state index in [0.29, 0.717) is 10.3 Å². The summed E-state index contributed by atoms with van der Waals surface area (Å²) in [5.41, 5.74) is 0.133. The number of hydrogen-bond acceptors (Lipinski definition) is 3. The third kappa shape index (κ3) is 1.75. The molecule has 0 aliphatic carbocycles. The molecule has 0 saturated heterocycles. The first kappa shape index (κ1) is 11.2. The van der Waals surface area contributed by atoms with Gasteiger partial charge in [-0.05, 0) is 31.2 Å². The number of carbonyl (C=O) groups is 1. The zero-order valence-corrected chi connectivity index (χ0v) is 10.4. The molecule has 0 aliphatic rings. The van der Waals surface area contributed by atoms with Crippen LogP contribution in [-0.4, -0.2) is 5.78 Å². The van der Waals surface area contributed by atoms with Crippen molar-refractivity contribution in [2.24, 2.45) is 0 Å². The van der Waals surface area contributed by atoms with Crippen molar-refractivity contribution in [3.8, 4) is 0 Å². The van der Waals surface area contributed by atoms with Crippen molar-refractivity contribution in [1.29, 1.82) is 0 Å². The van der Waals surface area contributed by atoms with Gasteiger partial charge < -0.3 is 4.42 Å². The topological polar surface area (TPSA) is 30.2 Å². The molecule has 0 radical (unpaired) electrons. The number of thiophene rings is 1. The van der Waals surface area contributed by atoms with Crippen molar-refractivity contribution < 1.29 is 13.6 Å². The van der Waals surface area contributed by atoms with Crippen LogP contribution in [0.3, 0.4) is 0 Å². The molecule has 2 nitrogen and oxygen atoms in total. The number of benzene rings is 1. The Balaban J connectivity index is 2.10. The van der Waals surface area contributed by atoms with Gasteiger partial charge in [-0.1, -0.05) is 12.1 Å². The fourth-order valence-corrected chi connectivity index (χ4v) is 2.63. The Morgan fingerprint density at radius 2 is 2.11 bits per heavy atom. The van der Waals surface area contributed by atoms with Gasteiger partial charge in [0.1, 0.15) is 0 Å². The fraction of sp³-hybridized carbons (Fsp3) is 0.0714. The van der Waals surface area contributed by atoms with Gasteiger partial charge in [-0.2, -0.15) is 0 Å². The van der Waals surface area contributed by atoms with Gasteiger partial charge in [0.15, 0.2) is 17.2 Å². The molecule has 0 bridgehead atoms. The molecular weight excluding hydrogens is 251 g/mol. The van der Waals surface area contributed by atoms with Crippen LogP contribution in [0, 0.1) is 12.7 Å². The molecule has 0 unspecified atom stereocenters. The lowest BCUT2D eigenvalue weighted by Gasteiger charge is -1.91. The predicted molar refractivity (Wildman–Crippen MR) is 68.7 cm³/mol. The van der Waals surface area contributed by atoms with E-state index in [-0.39, 0.29) is 17.1 Å². The van der Waals surface area contributed by atoms with Crippen LogP contribution in [0.4, 0.5) is 4.39 Å². The first-order chi connectivity index (χ1) is 8.65. The molecule has 18 heavy (non-hydrogen) atoms. The number of fused-ring (bicyclic) bond motifs is 1. The highest BCUT2D eigenvalue weighted by Crippen LogP contribution is 2.25. The third-order valence-electron chi connectivity index (χ3n) is 2.68. The van der Waals surface area contributed by atoms with E-state index in [2.05, 4.69) is 0 Å². The first-order valence-corrected chi connectivity index (χ1v) is 6.26. The monoisotopic (exact) mass is 260 g/mol. The summed E-state index contributed by atoms with van der Waals surface area (Å²) in [6.45, 7) is 1.93. The zero-order chi connectivity index (χ0) is 12.7. The summed E-state index contributed by atoms with van der Waals surface area (Å²) in [7, 11) is 0. The molecule has 1 aromatic carbocycles. The number of halogens is 1. The van der Waals surface area contributed by atoms with E-state index >= 15 is 0 Å².